The van der Waals surface area contributed by atoms with Crippen LogP contribution in [0.1, 0.15) is 18.4 Å². The van der Waals surface area contributed by atoms with E-state index in [2.05, 4.69) is 15.3 Å². The molecule has 0 spiro atoms. The van der Waals surface area contributed by atoms with Crippen LogP contribution in [0.2, 0.25) is 0 Å². The Kier molecular flexibility index (Phi) is 5.72. The Morgan fingerprint density at radius 2 is 2.15 bits per heavy atom. The van der Waals surface area contributed by atoms with Crippen LogP contribution in [-0.2, 0) is 9.47 Å². The lowest BCUT2D eigenvalue weighted by Crippen LogP contribution is -2.39. The first-order valence-corrected chi connectivity index (χ1v) is 11.0. The largest absolute Gasteiger partial charge is 0.507 e. The second kappa shape index (κ2) is 8.82. The van der Waals surface area contributed by atoms with E-state index < -0.39 is 11.9 Å². The number of phenolic OH excluding ortho intramolecular Hbond substituents is 1. The van der Waals surface area contributed by atoms with Crippen LogP contribution in [0.3, 0.4) is 0 Å². The number of benzene rings is 2. The lowest BCUT2D eigenvalue weighted by Gasteiger charge is -2.21. The van der Waals surface area contributed by atoms with Gasteiger partial charge in [-0.2, -0.15) is 0 Å². The monoisotopic (exact) mass is 452 g/mol. The molecule has 2 saturated heterocycles. The van der Waals surface area contributed by atoms with Crippen LogP contribution < -0.4 is 10.2 Å². The normalized spacial score (nSPS) is 20.4. The Labute approximate surface area is 190 Å². The summed E-state index contributed by atoms with van der Waals surface area (Å²) in [5.41, 5.74) is 1.64. The van der Waals surface area contributed by atoms with E-state index in [1.165, 1.54) is 18.2 Å². The fraction of sp³-hybridized carbons (Fsp3) is 0.375. The summed E-state index contributed by atoms with van der Waals surface area (Å²) in [5.74, 6) is -0.0459. The molecule has 2 atom stereocenters. The Morgan fingerprint density at radius 1 is 1.27 bits per heavy atom. The van der Waals surface area contributed by atoms with Crippen molar-refractivity contribution in [1.29, 1.82) is 0 Å². The molecule has 2 aromatic carbocycles. The number of hydrogen-bond donors (Lipinski definition) is 2. The molecule has 172 valence electrons. The quantitative estimate of drug-likeness (QED) is 0.625. The van der Waals surface area contributed by atoms with Crippen molar-refractivity contribution < 1.29 is 23.8 Å². The van der Waals surface area contributed by atoms with Crippen LogP contribution in [-0.4, -0.2) is 59.6 Å². The molecule has 2 aliphatic heterocycles. The smallest absolute Gasteiger partial charge is 0.407 e. The molecule has 1 aromatic heterocycles. The summed E-state index contributed by atoms with van der Waals surface area (Å²) in [6, 6.07) is 9.85. The molecule has 1 amide bonds. The van der Waals surface area contributed by atoms with Crippen LogP contribution in [0.15, 0.2) is 36.4 Å². The van der Waals surface area contributed by atoms with E-state index in [1.54, 1.807) is 0 Å². The van der Waals surface area contributed by atoms with E-state index in [1.807, 2.05) is 30.0 Å². The topological polar surface area (TPSA) is 96.8 Å². The van der Waals surface area contributed by atoms with Gasteiger partial charge in [0.2, 0.25) is 0 Å². The van der Waals surface area contributed by atoms with Gasteiger partial charge in [0.05, 0.1) is 30.3 Å². The van der Waals surface area contributed by atoms with E-state index >= 15 is 0 Å². The molecule has 2 fully saturated rings. The molecule has 9 heteroatoms. The highest BCUT2D eigenvalue weighted by atomic mass is 19.1. The number of alkyl carbamates (subject to hydrolysis) is 1. The number of hydrogen-bond acceptors (Lipinski definition) is 7. The molecule has 3 heterocycles. The van der Waals surface area contributed by atoms with Crippen molar-refractivity contribution in [3.05, 3.63) is 47.8 Å². The molecule has 0 aliphatic carbocycles. The number of ether oxygens (including phenoxy) is 2. The number of phenols is 1. The summed E-state index contributed by atoms with van der Waals surface area (Å²) in [5, 5.41) is 14.0. The maximum absolute atomic E-state index is 14.6. The van der Waals surface area contributed by atoms with Gasteiger partial charge in [-0.3, -0.25) is 0 Å². The molecule has 33 heavy (non-hydrogen) atoms. The second-order valence-electron chi connectivity index (χ2n) is 8.49. The minimum Gasteiger partial charge on any atom is -0.507 e. The van der Waals surface area contributed by atoms with Crippen LogP contribution in [0, 0.1) is 12.7 Å². The zero-order chi connectivity index (χ0) is 22.9. The number of carbonyl (C=O) groups is 1. The summed E-state index contributed by atoms with van der Waals surface area (Å²) >= 11 is 0. The summed E-state index contributed by atoms with van der Waals surface area (Å²) in [7, 11) is 0. The van der Waals surface area contributed by atoms with Crippen molar-refractivity contribution >= 4 is 22.8 Å². The van der Waals surface area contributed by atoms with Crippen molar-refractivity contribution in [2.45, 2.75) is 31.9 Å². The van der Waals surface area contributed by atoms with Crippen LogP contribution in [0.4, 0.5) is 15.0 Å². The first-order valence-electron chi connectivity index (χ1n) is 11.0. The summed E-state index contributed by atoms with van der Waals surface area (Å²) in [4.78, 5) is 23.5. The van der Waals surface area contributed by atoms with Crippen LogP contribution >= 0.6 is 0 Å². The van der Waals surface area contributed by atoms with Crippen LogP contribution in [0.5, 0.6) is 5.75 Å². The number of nitrogens with zero attached hydrogens (tertiary/aromatic N) is 3. The number of aryl methyl sites for hydroxylation is 1. The van der Waals surface area contributed by atoms with Crippen molar-refractivity contribution in [3.63, 3.8) is 0 Å². The number of amides is 1. The number of rotatable bonds is 4. The molecule has 0 bridgehead atoms. The maximum Gasteiger partial charge on any atom is 0.407 e. The number of nitrogens with one attached hydrogen (secondary N) is 1. The van der Waals surface area contributed by atoms with Crippen LogP contribution in [0.25, 0.3) is 22.3 Å². The molecular weight excluding hydrogens is 427 g/mol. The third-order valence-corrected chi connectivity index (χ3v) is 6.02. The van der Waals surface area contributed by atoms with E-state index in [4.69, 9.17) is 9.47 Å². The van der Waals surface area contributed by atoms with Gasteiger partial charge in [-0.25, -0.2) is 19.2 Å². The lowest BCUT2D eigenvalue weighted by atomic mass is 10.1. The standard InChI is InChI=1S/C24H25FN4O4/c1-14-5-6-17-19(11-14)27-22(21-18(25)3-2-4-20(21)30)28-23(17)29-9-7-15(12-29)26-24(31)33-16-8-10-32-13-16/h2-6,11,15-16,30H,7-10,12-13H2,1H3,(H,26,31)/t15?,16-/m0/s1. The highest BCUT2D eigenvalue weighted by molar-refractivity contribution is 5.92. The van der Waals surface area contributed by atoms with E-state index in [-0.39, 0.29) is 29.3 Å². The first kappa shape index (κ1) is 21.4. The molecule has 2 N–H and O–H groups in total. The maximum atomic E-state index is 14.6. The number of aromatic hydroxyl groups is 1. The molecule has 8 nitrogen and oxygen atoms in total. The van der Waals surface area contributed by atoms with Gasteiger partial charge in [0, 0.05) is 24.9 Å². The van der Waals surface area contributed by atoms with Gasteiger partial charge in [-0.05, 0) is 43.2 Å². The minimum absolute atomic E-state index is 0.0293. The highest BCUT2D eigenvalue weighted by Gasteiger charge is 2.29. The lowest BCUT2D eigenvalue weighted by molar-refractivity contribution is 0.0813. The van der Waals surface area contributed by atoms with E-state index in [9.17, 15) is 14.3 Å². The summed E-state index contributed by atoms with van der Waals surface area (Å²) in [6.07, 6.45) is 0.779. The van der Waals surface area contributed by atoms with E-state index in [0.717, 1.165) is 10.9 Å². The van der Waals surface area contributed by atoms with Gasteiger partial charge < -0.3 is 24.8 Å². The predicted molar refractivity (Wildman–Crippen MR) is 121 cm³/mol. The third-order valence-electron chi connectivity index (χ3n) is 6.02. The highest BCUT2D eigenvalue weighted by Crippen LogP contribution is 2.34. The molecule has 0 radical (unpaired) electrons. The Hall–Kier alpha value is -3.46. The summed E-state index contributed by atoms with van der Waals surface area (Å²) < 4.78 is 25.2. The number of carbonyl (C=O) groups excluding carboxylic acids is 1. The average molecular weight is 452 g/mol. The second-order valence-corrected chi connectivity index (χ2v) is 8.49. The number of halogens is 1. The fourth-order valence-corrected chi connectivity index (χ4v) is 4.34. The van der Waals surface area contributed by atoms with Gasteiger partial charge in [0.1, 0.15) is 23.5 Å². The zero-order valence-corrected chi connectivity index (χ0v) is 18.3. The SMILES string of the molecule is Cc1ccc2c(N3CCC(NC(=O)O[C@H]4CCOC4)C3)nc(-c3c(O)cccc3F)nc2c1. The van der Waals surface area contributed by atoms with Gasteiger partial charge in [-0.1, -0.05) is 12.1 Å². The van der Waals surface area contributed by atoms with Gasteiger partial charge >= 0.3 is 6.09 Å². The number of aromatic nitrogens is 2. The molecule has 3 aromatic rings. The van der Waals surface area contributed by atoms with Crippen molar-refractivity contribution in [3.8, 4) is 17.1 Å². The Morgan fingerprint density at radius 3 is 2.94 bits per heavy atom. The molecular formula is C24H25FN4O4. The predicted octanol–water partition coefficient (Wildman–Crippen LogP) is 3.54. The molecule has 1 unspecified atom stereocenters. The first-order chi connectivity index (χ1) is 16.0. The Bertz CT molecular complexity index is 1180. The van der Waals surface area contributed by atoms with Gasteiger partial charge in [0.15, 0.2) is 5.82 Å². The van der Waals surface area contributed by atoms with Crippen molar-refractivity contribution in [2.75, 3.05) is 31.2 Å². The van der Waals surface area contributed by atoms with Crippen molar-refractivity contribution in [2.24, 2.45) is 0 Å². The molecule has 2 aliphatic rings. The van der Waals surface area contributed by atoms with Gasteiger partial charge in [-0.15, -0.1) is 0 Å². The van der Waals surface area contributed by atoms with Crippen molar-refractivity contribution in [1.82, 2.24) is 15.3 Å². The number of fused-ring (bicyclic) bond motifs is 1. The van der Waals surface area contributed by atoms with Gasteiger partial charge in [0.25, 0.3) is 0 Å². The average Bonchev–Trinajstić information content (AvgIpc) is 3.45. The summed E-state index contributed by atoms with van der Waals surface area (Å²) in [6.45, 7) is 4.18. The molecule has 0 saturated carbocycles. The zero-order valence-electron chi connectivity index (χ0n) is 18.3. The number of anilines is 1. The third kappa shape index (κ3) is 4.41. The van der Waals surface area contributed by atoms with E-state index in [0.29, 0.717) is 50.5 Å². The Balaban J connectivity index is 1.43. The minimum atomic E-state index is -0.590. The molecule has 5 rings (SSSR count). The fourth-order valence-electron chi connectivity index (χ4n) is 4.34.